The summed E-state index contributed by atoms with van der Waals surface area (Å²) in [6, 6.07) is 4.82. The summed E-state index contributed by atoms with van der Waals surface area (Å²) in [6.07, 6.45) is 1.49. The van der Waals surface area contributed by atoms with Crippen LogP contribution in [0, 0.1) is 18.4 Å². The Morgan fingerprint density at radius 2 is 2.27 bits per heavy atom. The molecule has 0 spiro atoms. The molecule has 0 aliphatic heterocycles. The van der Waals surface area contributed by atoms with Crippen LogP contribution in [0.3, 0.4) is 0 Å². The van der Waals surface area contributed by atoms with E-state index >= 15 is 0 Å². The van der Waals surface area contributed by atoms with Crippen molar-refractivity contribution in [1.82, 2.24) is 0 Å². The summed E-state index contributed by atoms with van der Waals surface area (Å²) < 4.78 is 4.47. The van der Waals surface area contributed by atoms with Gasteiger partial charge in [0.1, 0.15) is 0 Å². The molecule has 1 N–H and O–H groups in total. The lowest BCUT2D eigenvalue weighted by molar-refractivity contribution is 0.420. The molecule has 1 aromatic rings. The number of ether oxygens (including phenoxy) is 1. The molecule has 0 bridgehead atoms. The molecule has 56 valence electrons. The zero-order valence-corrected chi connectivity index (χ0v) is 6.03. The van der Waals surface area contributed by atoms with E-state index in [0.717, 1.165) is 5.56 Å². The van der Waals surface area contributed by atoms with Crippen LogP contribution in [0.2, 0.25) is 0 Å². The highest BCUT2D eigenvalue weighted by molar-refractivity contribution is 5.41. The van der Waals surface area contributed by atoms with Gasteiger partial charge in [0.15, 0.2) is 11.5 Å². The molecule has 0 radical (unpaired) electrons. The Morgan fingerprint density at radius 3 is 2.91 bits per heavy atom. The number of aromatic hydroxyl groups is 1. The molecule has 0 aliphatic carbocycles. The molecule has 0 fully saturated rings. The van der Waals surface area contributed by atoms with Crippen molar-refractivity contribution >= 4 is 0 Å². The van der Waals surface area contributed by atoms with E-state index in [4.69, 9.17) is 10.4 Å². The Kier molecular flexibility index (Phi) is 1.98. The number of hydrogen-bond acceptors (Lipinski definition) is 3. The van der Waals surface area contributed by atoms with E-state index in [1.807, 2.05) is 6.92 Å². The predicted octanol–water partition coefficient (Wildman–Crippen LogP) is 1.56. The first-order chi connectivity index (χ1) is 5.24. The molecule has 0 unspecified atom stereocenters. The van der Waals surface area contributed by atoms with Crippen molar-refractivity contribution in [2.75, 3.05) is 0 Å². The summed E-state index contributed by atoms with van der Waals surface area (Å²) >= 11 is 0. The fourth-order valence-electron chi connectivity index (χ4n) is 0.752. The van der Waals surface area contributed by atoms with Crippen LogP contribution >= 0.6 is 0 Å². The molecule has 1 aromatic carbocycles. The van der Waals surface area contributed by atoms with Crippen molar-refractivity contribution in [3.8, 4) is 17.8 Å². The first-order valence-electron chi connectivity index (χ1n) is 3.09. The molecule has 1 rings (SSSR count). The average Bonchev–Trinajstić information content (AvgIpc) is 1.98. The second kappa shape index (κ2) is 2.93. The molecular formula is C8H7NO2. The molecule has 3 heteroatoms. The van der Waals surface area contributed by atoms with Crippen LogP contribution < -0.4 is 4.74 Å². The highest BCUT2D eigenvalue weighted by Gasteiger charge is 2.00. The quantitative estimate of drug-likeness (QED) is 0.616. The molecular weight excluding hydrogens is 142 g/mol. The van der Waals surface area contributed by atoms with Crippen molar-refractivity contribution < 1.29 is 9.84 Å². The molecule has 0 aliphatic rings. The summed E-state index contributed by atoms with van der Waals surface area (Å²) in [5.74, 6) is 0.185. The molecule has 0 heterocycles. The van der Waals surface area contributed by atoms with Crippen LogP contribution in [0.15, 0.2) is 18.2 Å². The lowest BCUT2D eigenvalue weighted by atomic mass is 10.2. The number of nitriles is 1. The minimum absolute atomic E-state index is 0.0165. The third-order valence-electron chi connectivity index (χ3n) is 1.27. The summed E-state index contributed by atoms with van der Waals surface area (Å²) in [4.78, 5) is 0. The number of phenols is 1. The SMILES string of the molecule is Cc1ccc(O)c(OC#N)c1. The number of hydrogen-bond donors (Lipinski definition) is 1. The van der Waals surface area contributed by atoms with Crippen molar-refractivity contribution in [2.24, 2.45) is 0 Å². The minimum atomic E-state index is -0.0165. The zero-order valence-electron chi connectivity index (χ0n) is 6.03. The first-order valence-corrected chi connectivity index (χ1v) is 3.09. The van der Waals surface area contributed by atoms with Gasteiger partial charge in [-0.15, -0.1) is 5.26 Å². The van der Waals surface area contributed by atoms with Gasteiger partial charge in [0.05, 0.1) is 0 Å². The van der Waals surface area contributed by atoms with Gasteiger partial charge in [-0.3, -0.25) is 0 Å². The molecule has 0 saturated carbocycles. The smallest absolute Gasteiger partial charge is 0.292 e. The van der Waals surface area contributed by atoms with Gasteiger partial charge >= 0.3 is 0 Å². The normalized spacial score (nSPS) is 8.73. The van der Waals surface area contributed by atoms with Crippen LogP contribution in [0.25, 0.3) is 0 Å². The van der Waals surface area contributed by atoms with Crippen molar-refractivity contribution in [3.63, 3.8) is 0 Å². The topological polar surface area (TPSA) is 53.2 Å². The van der Waals surface area contributed by atoms with E-state index in [1.165, 1.54) is 12.3 Å². The molecule has 0 amide bonds. The van der Waals surface area contributed by atoms with Gasteiger partial charge in [-0.25, -0.2) is 0 Å². The van der Waals surface area contributed by atoms with Crippen LogP contribution in [0.5, 0.6) is 11.5 Å². The van der Waals surface area contributed by atoms with E-state index in [0.29, 0.717) is 0 Å². The van der Waals surface area contributed by atoms with Crippen LogP contribution in [0.1, 0.15) is 5.56 Å². The number of rotatable bonds is 1. The van der Waals surface area contributed by atoms with Crippen molar-refractivity contribution in [2.45, 2.75) is 6.92 Å². The van der Waals surface area contributed by atoms with Gasteiger partial charge < -0.3 is 9.84 Å². The number of aryl methyl sites for hydroxylation is 1. The molecule has 3 nitrogen and oxygen atoms in total. The minimum Gasteiger partial charge on any atom is -0.504 e. The Hall–Kier alpha value is -1.69. The third-order valence-corrected chi connectivity index (χ3v) is 1.27. The Morgan fingerprint density at radius 1 is 1.55 bits per heavy atom. The summed E-state index contributed by atoms with van der Waals surface area (Å²) in [5, 5.41) is 17.2. The second-order valence-corrected chi connectivity index (χ2v) is 2.16. The highest BCUT2D eigenvalue weighted by atomic mass is 16.5. The standard InChI is InChI=1S/C8H7NO2/c1-6-2-3-7(10)8(4-6)11-5-9/h2-4,10H,1H3. The van der Waals surface area contributed by atoms with E-state index < -0.39 is 0 Å². The second-order valence-electron chi connectivity index (χ2n) is 2.16. The lowest BCUT2D eigenvalue weighted by Crippen LogP contribution is -1.83. The lowest BCUT2D eigenvalue weighted by Gasteiger charge is -1.99. The van der Waals surface area contributed by atoms with Crippen LogP contribution in [-0.4, -0.2) is 5.11 Å². The zero-order chi connectivity index (χ0) is 8.27. The third kappa shape index (κ3) is 1.62. The highest BCUT2D eigenvalue weighted by Crippen LogP contribution is 2.25. The monoisotopic (exact) mass is 149 g/mol. The largest absolute Gasteiger partial charge is 0.504 e. The molecule has 0 atom stereocenters. The van der Waals surface area contributed by atoms with E-state index in [-0.39, 0.29) is 11.5 Å². The maximum atomic E-state index is 9.09. The molecule has 0 saturated heterocycles. The van der Waals surface area contributed by atoms with Gasteiger partial charge in [0.25, 0.3) is 6.26 Å². The fraction of sp³-hybridized carbons (Fsp3) is 0.125. The fourth-order valence-corrected chi connectivity index (χ4v) is 0.752. The van der Waals surface area contributed by atoms with Gasteiger partial charge in [0, 0.05) is 0 Å². The van der Waals surface area contributed by atoms with Crippen LogP contribution in [-0.2, 0) is 0 Å². The number of phenolic OH excluding ortho intramolecular Hbond substituents is 1. The number of benzene rings is 1. The van der Waals surface area contributed by atoms with Crippen LogP contribution in [0.4, 0.5) is 0 Å². The van der Waals surface area contributed by atoms with E-state index in [1.54, 1.807) is 12.1 Å². The van der Waals surface area contributed by atoms with Gasteiger partial charge in [-0.2, -0.15) is 0 Å². The van der Waals surface area contributed by atoms with Gasteiger partial charge in [-0.05, 0) is 24.6 Å². The summed E-state index contributed by atoms with van der Waals surface area (Å²) in [5.41, 5.74) is 0.938. The maximum absolute atomic E-state index is 9.09. The Balaban J connectivity index is 3.05. The Bertz CT molecular complexity index is 301. The van der Waals surface area contributed by atoms with Gasteiger partial charge in [-0.1, -0.05) is 6.07 Å². The summed E-state index contributed by atoms with van der Waals surface area (Å²) in [6.45, 7) is 1.85. The first kappa shape index (κ1) is 7.42. The van der Waals surface area contributed by atoms with Crippen molar-refractivity contribution in [3.05, 3.63) is 23.8 Å². The van der Waals surface area contributed by atoms with E-state index in [2.05, 4.69) is 4.74 Å². The van der Waals surface area contributed by atoms with Crippen molar-refractivity contribution in [1.29, 1.82) is 5.26 Å². The predicted molar refractivity (Wildman–Crippen MR) is 39.1 cm³/mol. The Labute approximate surface area is 64.5 Å². The maximum Gasteiger partial charge on any atom is 0.292 e. The average molecular weight is 149 g/mol. The summed E-state index contributed by atoms with van der Waals surface area (Å²) in [7, 11) is 0. The molecule has 0 aromatic heterocycles. The van der Waals surface area contributed by atoms with E-state index in [9.17, 15) is 0 Å². The molecule has 11 heavy (non-hydrogen) atoms. The number of nitrogens with zero attached hydrogens (tertiary/aromatic N) is 1. The van der Waals surface area contributed by atoms with Gasteiger partial charge in [0.2, 0.25) is 0 Å².